The van der Waals surface area contributed by atoms with Crippen molar-refractivity contribution in [2.24, 2.45) is 0 Å². The van der Waals surface area contributed by atoms with Gasteiger partial charge in [-0.15, -0.1) is 0 Å². The fourth-order valence-corrected chi connectivity index (χ4v) is 3.75. The fraction of sp³-hybridized carbons (Fsp3) is 0.318. The number of halogens is 1. The average molecular weight is 443 g/mol. The summed E-state index contributed by atoms with van der Waals surface area (Å²) in [6.07, 6.45) is 5.30. The number of hydrogen-bond acceptors (Lipinski definition) is 4. The Hall–Kier alpha value is -2.47. The van der Waals surface area contributed by atoms with Crippen LogP contribution in [0.3, 0.4) is 0 Å². The molecule has 0 saturated carbocycles. The van der Waals surface area contributed by atoms with Gasteiger partial charge in [-0.1, -0.05) is 15.9 Å². The van der Waals surface area contributed by atoms with Gasteiger partial charge >= 0.3 is 0 Å². The molecule has 1 fully saturated rings. The minimum absolute atomic E-state index is 0.0557. The Morgan fingerprint density at radius 1 is 0.964 bits per heavy atom. The molecule has 0 bridgehead atoms. The Labute approximate surface area is 173 Å². The summed E-state index contributed by atoms with van der Waals surface area (Å²) in [5, 5.41) is 0. The molecule has 5 nitrogen and oxygen atoms in total. The lowest BCUT2D eigenvalue weighted by molar-refractivity contribution is 0.0705. The summed E-state index contributed by atoms with van der Waals surface area (Å²) in [5.41, 5.74) is 0.637. The summed E-state index contributed by atoms with van der Waals surface area (Å²) in [5.74, 6) is 2.36. The van der Waals surface area contributed by atoms with Crippen LogP contribution in [0.5, 0.6) is 0 Å². The molecule has 0 spiro atoms. The van der Waals surface area contributed by atoms with Crippen LogP contribution < -0.4 is 4.90 Å². The molecule has 2 aromatic heterocycles. The molecule has 1 amide bonds. The lowest BCUT2D eigenvalue weighted by atomic mass is 10.1. The van der Waals surface area contributed by atoms with Crippen molar-refractivity contribution >= 4 is 27.7 Å². The Morgan fingerprint density at radius 2 is 1.71 bits per heavy atom. The van der Waals surface area contributed by atoms with E-state index in [1.165, 1.54) is 19.3 Å². The van der Waals surface area contributed by atoms with Gasteiger partial charge < -0.3 is 18.6 Å². The maximum atomic E-state index is 13.1. The Morgan fingerprint density at radius 3 is 2.43 bits per heavy atom. The Balaban J connectivity index is 1.52. The normalized spacial score (nSPS) is 14.2. The van der Waals surface area contributed by atoms with Gasteiger partial charge in [0.2, 0.25) is 0 Å². The van der Waals surface area contributed by atoms with Gasteiger partial charge in [-0.3, -0.25) is 4.79 Å². The number of furan rings is 2. The van der Waals surface area contributed by atoms with Crippen LogP contribution in [0.4, 0.5) is 5.88 Å². The molecule has 0 radical (unpaired) electrons. The fourth-order valence-electron chi connectivity index (χ4n) is 3.49. The quantitative estimate of drug-likeness (QED) is 0.507. The van der Waals surface area contributed by atoms with E-state index in [9.17, 15) is 4.79 Å². The second-order valence-electron chi connectivity index (χ2n) is 7.04. The molecule has 1 saturated heterocycles. The lowest BCUT2D eigenvalue weighted by Crippen LogP contribution is -2.30. The Kier molecular flexibility index (Phi) is 5.86. The molecule has 0 unspecified atom stereocenters. The van der Waals surface area contributed by atoms with Crippen molar-refractivity contribution in [2.75, 3.05) is 18.0 Å². The molecule has 3 aromatic rings. The van der Waals surface area contributed by atoms with Crippen LogP contribution in [0.2, 0.25) is 0 Å². The third kappa shape index (κ3) is 4.50. The van der Waals surface area contributed by atoms with E-state index < -0.39 is 0 Å². The van der Waals surface area contributed by atoms with Crippen molar-refractivity contribution < 1.29 is 13.6 Å². The maximum absolute atomic E-state index is 13.1. The topological polar surface area (TPSA) is 49.8 Å². The molecule has 0 N–H and O–H groups in total. The summed E-state index contributed by atoms with van der Waals surface area (Å²) in [6, 6.07) is 15.1. The number of piperidine rings is 1. The molecule has 6 heteroatoms. The Bertz CT molecular complexity index is 896. The molecule has 0 aliphatic carbocycles. The highest BCUT2D eigenvalue weighted by Crippen LogP contribution is 2.24. The molecule has 4 rings (SSSR count). The first-order chi connectivity index (χ1) is 13.7. The molecule has 146 valence electrons. The minimum Gasteiger partial charge on any atom is -0.467 e. The largest absolute Gasteiger partial charge is 0.467 e. The average Bonchev–Trinajstić information content (AvgIpc) is 3.40. The van der Waals surface area contributed by atoms with E-state index in [1.54, 1.807) is 11.2 Å². The van der Waals surface area contributed by atoms with Crippen LogP contribution in [-0.4, -0.2) is 23.9 Å². The molecule has 0 atom stereocenters. The third-order valence-corrected chi connectivity index (χ3v) is 5.50. The summed E-state index contributed by atoms with van der Waals surface area (Å²) >= 11 is 3.41. The monoisotopic (exact) mass is 442 g/mol. The molecule has 1 aliphatic rings. The molecular weight excluding hydrogens is 420 g/mol. The van der Waals surface area contributed by atoms with E-state index in [2.05, 4.69) is 20.8 Å². The van der Waals surface area contributed by atoms with Gasteiger partial charge in [0, 0.05) is 29.2 Å². The van der Waals surface area contributed by atoms with E-state index in [0.29, 0.717) is 18.7 Å². The maximum Gasteiger partial charge on any atom is 0.254 e. The molecule has 1 aromatic carbocycles. The van der Waals surface area contributed by atoms with E-state index in [4.69, 9.17) is 8.83 Å². The smallest absolute Gasteiger partial charge is 0.254 e. The minimum atomic E-state index is -0.0557. The summed E-state index contributed by atoms with van der Waals surface area (Å²) in [4.78, 5) is 17.1. The highest BCUT2D eigenvalue weighted by Gasteiger charge is 2.21. The van der Waals surface area contributed by atoms with Crippen molar-refractivity contribution in [1.29, 1.82) is 0 Å². The first-order valence-electron chi connectivity index (χ1n) is 9.60. The zero-order valence-corrected chi connectivity index (χ0v) is 17.2. The van der Waals surface area contributed by atoms with E-state index in [0.717, 1.165) is 35.0 Å². The molecular formula is C22H23BrN2O3. The number of anilines is 1. The SMILES string of the molecule is O=C(c1ccc(Br)cc1)N(Cc1ccco1)Cc1ccc(N2CCCCC2)o1. The molecule has 1 aliphatic heterocycles. The van der Waals surface area contributed by atoms with Gasteiger partial charge in [0.25, 0.3) is 5.91 Å². The second-order valence-corrected chi connectivity index (χ2v) is 7.95. The number of nitrogens with zero attached hydrogens (tertiary/aromatic N) is 2. The lowest BCUT2D eigenvalue weighted by Gasteiger charge is -2.26. The number of hydrogen-bond donors (Lipinski definition) is 0. The zero-order chi connectivity index (χ0) is 19.3. The predicted molar refractivity (Wildman–Crippen MR) is 111 cm³/mol. The van der Waals surface area contributed by atoms with Crippen LogP contribution in [0.25, 0.3) is 0 Å². The third-order valence-electron chi connectivity index (χ3n) is 4.97. The van der Waals surface area contributed by atoms with Gasteiger partial charge in [0.15, 0.2) is 5.88 Å². The van der Waals surface area contributed by atoms with Crippen molar-refractivity contribution in [3.05, 3.63) is 76.4 Å². The van der Waals surface area contributed by atoms with Crippen molar-refractivity contribution in [3.8, 4) is 0 Å². The highest BCUT2D eigenvalue weighted by atomic mass is 79.9. The number of carbonyl (C=O) groups is 1. The first kappa shape index (κ1) is 18.9. The van der Waals surface area contributed by atoms with Crippen LogP contribution in [0.1, 0.15) is 41.1 Å². The van der Waals surface area contributed by atoms with Crippen LogP contribution in [-0.2, 0) is 13.1 Å². The van der Waals surface area contributed by atoms with Gasteiger partial charge in [0.1, 0.15) is 11.5 Å². The highest BCUT2D eigenvalue weighted by molar-refractivity contribution is 9.10. The molecule has 3 heterocycles. The standard InChI is InChI=1S/C22H23BrN2O3/c23-18-8-6-17(7-9-18)22(26)25(15-19-5-4-14-27-19)16-20-10-11-21(28-20)24-12-2-1-3-13-24/h4-11,14H,1-3,12-13,15-16H2. The van der Waals surface area contributed by atoms with E-state index >= 15 is 0 Å². The second kappa shape index (κ2) is 8.69. The van der Waals surface area contributed by atoms with Gasteiger partial charge in [-0.05, 0) is 61.7 Å². The summed E-state index contributed by atoms with van der Waals surface area (Å²) in [7, 11) is 0. The number of benzene rings is 1. The number of carbonyl (C=O) groups excluding carboxylic acids is 1. The zero-order valence-electron chi connectivity index (χ0n) is 15.6. The van der Waals surface area contributed by atoms with Crippen LogP contribution in [0.15, 0.2) is 68.1 Å². The van der Waals surface area contributed by atoms with E-state index in [1.807, 2.05) is 48.5 Å². The summed E-state index contributed by atoms with van der Waals surface area (Å²) < 4.78 is 12.5. The number of rotatable bonds is 6. The van der Waals surface area contributed by atoms with Crippen molar-refractivity contribution in [1.82, 2.24) is 4.90 Å². The van der Waals surface area contributed by atoms with Gasteiger partial charge in [-0.2, -0.15) is 0 Å². The van der Waals surface area contributed by atoms with Gasteiger partial charge in [0.05, 0.1) is 19.4 Å². The van der Waals surface area contributed by atoms with Crippen LogP contribution in [0, 0.1) is 0 Å². The predicted octanol–water partition coefficient (Wildman–Crippen LogP) is 5.47. The van der Waals surface area contributed by atoms with Crippen molar-refractivity contribution in [3.63, 3.8) is 0 Å². The van der Waals surface area contributed by atoms with E-state index in [-0.39, 0.29) is 5.91 Å². The van der Waals surface area contributed by atoms with Gasteiger partial charge in [-0.25, -0.2) is 0 Å². The number of amides is 1. The molecule has 28 heavy (non-hydrogen) atoms. The van der Waals surface area contributed by atoms with Crippen LogP contribution >= 0.6 is 15.9 Å². The first-order valence-corrected chi connectivity index (χ1v) is 10.4. The van der Waals surface area contributed by atoms with Crippen molar-refractivity contribution in [2.45, 2.75) is 32.4 Å². The summed E-state index contributed by atoms with van der Waals surface area (Å²) in [6.45, 7) is 2.84.